The molecule has 0 radical (unpaired) electrons. The third kappa shape index (κ3) is 4.99. The molecule has 24 heavy (non-hydrogen) atoms. The van der Waals surface area contributed by atoms with Gasteiger partial charge in [-0.3, -0.25) is 4.68 Å². The van der Waals surface area contributed by atoms with Crippen molar-refractivity contribution in [3.63, 3.8) is 0 Å². The predicted molar refractivity (Wildman–Crippen MR) is 96.8 cm³/mol. The summed E-state index contributed by atoms with van der Waals surface area (Å²) in [5.41, 5.74) is 3.41. The second-order valence-corrected chi connectivity index (χ2v) is 6.30. The molecule has 0 aliphatic rings. The van der Waals surface area contributed by atoms with Gasteiger partial charge < -0.3 is 14.8 Å². The van der Waals surface area contributed by atoms with Gasteiger partial charge in [0.05, 0.1) is 18.9 Å². The lowest BCUT2D eigenvalue weighted by Crippen LogP contribution is -2.18. The van der Waals surface area contributed by atoms with Gasteiger partial charge in [-0.2, -0.15) is 5.10 Å². The fourth-order valence-electron chi connectivity index (χ4n) is 2.71. The fraction of sp³-hybridized carbons (Fsp3) is 0.526. The van der Waals surface area contributed by atoms with E-state index < -0.39 is 0 Å². The molecule has 5 heteroatoms. The number of hydrogen-bond acceptors (Lipinski definition) is 4. The van der Waals surface area contributed by atoms with Gasteiger partial charge in [-0.15, -0.1) is 0 Å². The summed E-state index contributed by atoms with van der Waals surface area (Å²) in [6.07, 6.45) is 1.15. The topological polar surface area (TPSA) is 48.3 Å². The van der Waals surface area contributed by atoms with E-state index >= 15 is 0 Å². The summed E-state index contributed by atoms with van der Waals surface area (Å²) in [6, 6.07) is 8.12. The van der Waals surface area contributed by atoms with Crippen LogP contribution in [0.2, 0.25) is 0 Å². The predicted octanol–water partition coefficient (Wildman–Crippen LogP) is 3.48. The number of benzene rings is 1. The Morgan fingerprint density at radius 3 is 2.67 bits per heavy atom. The number of para-hydroxylation sites is 1. The number of ether oxygens (including phenoxy) is 2. The third-order valence-corrected chi connectivity index (χ3v) is 3.78. The van der Waals surface area contributed by atoms with Crippen LogP contribution in [-0.2, 0) is 13.1 Å². The molecule has 5 nitrogen and oxygen atoms in total. The molecule has 1 aromatic carbocycles. The molecular formula is C19H29N3O2. The average Bonchev–Trinajstić information content (AvgIpc) is 2.85. The number of aryl methyl sites for hydroxylation is 3. The Kier molecular flexibility index (Phi) is 6.67. The number of nitrogens with zero attached hydrogens (tertiary/aromatic N) is 2. The highest BCUT2D eigenvalue weighted by Crippen LogP contribution is 2.31. The van der Waals surface area contributed by atoms with Crippen molar-refractivity contribution < 1.29 is 9.47 Å². The minimum Gasteiger partial charge on any atom is -0.493 e. The molecule has 0 saturated carbocycles. The minimum atomic E-state index is 0.117. The van der Waals surface area contributed by atoms with Crippen LogP contribution in [0, 0.1) is 13.8 Å². The molecule has 2 aromatic rings. The fourth-order valence-corrected chi connectivity index (χ4v) is 2.71. The van der Waals surface area contributed by atoms with Crippen LogP contribution in [0.3, 0.4) is 0 Å². The van der Waals surface area contributed by atoms with Gasteiger partial charge >= 0.3 is 0 Å². The molecule has 0 bridgehead atoms. The summed E-state index contributed by atoms with van der Waals surface area (Å²) in [5.74, 6) is 1.62. The van der Waals surface area contributed by atoms with Crippen molar-refractivity contribution in [3.8, 4) is 11.5 Å². The molecule has 0 atom stereocenters. The van der Waals surface area contributed by atoms with Crippen molar-refractivity contribution in [3.05, 3.63) is 41.2 Å². The summed E-state index contributed by atoms with van der Waals surface area (Å²) in [5, 5.41) is 7.97. The molecule has 1 N–H and O–H groups in total. The SMILES string of the molecule is COc1cccc(CNCCCn2nc(C)cc2C)c1OC(C)C. The van der Waals surface area contributed by atoms with E-state index in [2.05, 4.69) is 34.2 Å². The molecule has 0 fully saturated rings. The minimum absolute atomic E-state index is 0.117. The average molecular weight is 331 g/mol. The van der Waals surface area contributed by atoms with Gasteiger partial charge in [0.15, 0.2) is 11.5 Å². The highest BCUT2D eigenvalue weighted by Gasteiger charge is 2.11. The van der Waals surface area contributed by atoms with Crippen LogP contribution in [-0.4, -0.2) is 29.5 Å². The van der Waals surface area contributed by atoms with Crippen molar-refractivity contribution in [1.29, 1.82) is 0 Å². The van der Waals surface area contributed by atoms with Crippen molar-refractivity contribution >= 4 is 0 Å². The zero-order valence-electron chi connectivity index (χ0n) is 15.4. The Bertz CT molecular complexity index is 650. The molecule has 1 aromatic heterocycles. The highest BCUT2D eigenvalue weighted by atomic mass is 16.5. The molecule has 0 unspecified atom stereocenters. The Hall–Kier alpha value is -2.01. The van der Waals surface area contributed by atoms with E-state index in [1.807, 2.05) is 32.9 Å². The van der Waals surface area contributed by atoms with Crippen LogP contribution in [0.4, 0.5) is 0 Å². The number of rotatable bonds is 9. The first-order valence-corrected chi connectivity index (χ1v) is 8.55. The zero-order chi connectivity index (χ0) is 17.5. The maximum atomic E-state index is 5.93. The summed E-state index contributed by atoms with van der Waals surface area (Å²) in [4.78, 5) is 0. The third-order valence-electron chi connectivity index (χ3n) is 3.78. The maximum absolute atomic E-state index is 5.93. The molecule has 0 aliphatic heterocycles. The Labute approximate surface area is 145 Å². The van der Waals surface area contributed by atoms with Gasteiger partial charge in [0, 0.05) is 24.3 Å². The molecular weight excluding hydrogens is 302 g/mol. The van der Waals surface area contributed by atoms with Crippen LogP contribution in [0.5, 0.6) is 11.5 Å². The normalized spacial score (nSPS) is 11.1. The van der Waals surface area contributed by atoms with Crippen LogP contribution >= 0.6 is 0 Å². The lowest BCUT2D eigenvalue weighted by molar-refractivity contribution is 0.227. The van der Waals surface area contributed by atoms with Crippen LogP contribution in [0.25, 0.3) is 0 Å². The smallest absolute Gasteiger partial charge is 0.166 e. The van der Waals surface area contributed by atoms with Crippen molar-refractivity contribution in [2.75, 3.05) is 13.7 Å². The van der Waals surface area contributed by atoms with Gasteiger partial charge in [0.2, 0.25) is 0 Å². The molecule has 0 saturated heterocycles. The first kappa shape index (κ1) is 18.3. The van der Waals surface area contributed by atoms with Crippen molar-refractivity contribution in [2.24, 2.45) is 0 Å². The molecule has 0 aliphatic carbocycles. The van der Waals surface area contributed by atoms with Gasteiger partial charge in [0.1, 0.15) is 0 Å². The van der Waals surface area contributed by atoms with Crippen molar-refractivity contribution in [1.82, 2.24) is 15.1 Å². The summed E-state index contributed by atoms with van der Waals surface area (Å²) in [6.45, 7) is 10.8. The quantitative estimate of drug-likeness (QED) is 0.715. The number of nitrogens with one attached hydrogen (secondary N) is 1. The monoisotopic (exact) mass is 331 g/mol. The molecule has 0 spiro atoms. The lowest BCUT2D eigenvalue weighted by Gasteiger charge is -2.17. The van der Waals surface area contributed by atoms with Crippen LogP contribution in [0.1, 0.15) is 37.2 Å². The van der Waals surface area contributed by atoms with E-state index in [4.69, 9.17) is 9.47 Å². The first-order valence-electron chi connectivity index (χ1n) is 8.55. The van der Waals surface area contributed by atoms with E-state index in [9.17, 15) is 0 Å². The second kappa shape index (κ2) is 8.73. The Morgan fingerprint density at radius 1 is 1.25 bits per heavy atom. The van der Waals surface area contributed by atoms with Gasteiger partial charge in [-0.1, -0.05) is 12.1 Å². The van der Waals surface area contributed by atoms with E-state index in [1.165, 1.54) is 5.69 Å². The van der Waals surface area contributed by atoms with E-state index in [-0.39, 0.29) is 6.10 Å². The molecule has 132 valence electrons. The maximum Gasteiger partial charge on any atom is 0.166 e. The molecule has 1 heterocycles. The largest absolute Gasteiger partial charge is 0.493 e. The second-order valence-electron chi connectivity index (χ2n) is 6.30. The zero-order valence-corrected chi connectivity index (χ0v) is 15.4. The number of aromatic nitrogens is 2. The van der Waals surface area contributed by atoms with E-state index in [0.29, 0.717) is 0 Å². The Balaban J connectivity index is 1.86. The van der Waals surface area contributed by atoms with Crippen LogP contribution in [0.15, 0.2) is 24.3 Å². The van der Waals surface area contributed by atoms with E-state index in [0.717, 1.165) is 48.8 Å². The number of hydrogen-bond donors (Lipinski definition) is 1. The molecule has 0 amide bonds. The van der Waals surface area contributed by atoms with Gasteiger partial charge in [-0.05, 0) is 52.8 Å². The van der Waals surface area contributed by atoms with E-state index in [1.54, 1.807) is 7.11 Å². The van der Waals surface area contributed by atoms with Gasteiger partial charge in [0.25, 0.3) is 0 Å². The molecule has 2 rings (SSSR count). The van der Waals surface area contributed by atoms with Crippen molar-refractivity contribution in [2.45, 2.75) is 53.3 Å². The Morgan fingerprint density at radius 2 is 2.04 bits per heavy atom. The lowest BCUT2D eigenvalue weighted by atomic mass is 10.1. The number of methoxy groups -OCH3 is 1. The summed E-state index contributed by atoms with van der Waals surface area (Å²) < 4.78 is 13.4. The van der Waals surface area contributed by atoms with Crippen LogP contribution < -0.4 is 14.8 Å². The highest BCUT2D eigenvalue weighted by molar-refractivity contribution is 5.46. The first-order chi connectivity index (χ1) is 11.5. The standard InChI is InChI=1S/C19H29N3O2/c1-14(2)24-19-17(8-6-9-18(19)23-5)13-20-10-7-11-22-16(4)12-15(3)21-22/h6,8-9,12,14,20H,7,10-11,13H2,1-5H3. The summed E-state index contributed by atoms with van der Waals surface area (Å²) >= 11 is 0. The summed E-state index contributed by atoms with van der Waals surface area (Å²) in [7, 11) is 1.67. The van der Waals surface area contributed by atoms with Gasteiger partial charge in [-0.25, -0.2) is 0 Å².